The molecular weight excluding hydrogens is 550 g/mol. The van der Waals surface area contributed by atoms with Crippen LogP contribution in [0.1, 0.15) is 38.3 Å². The topological polar surface area (TPSA) is 96.0 Å². The lowest BCUT2D eigenvalue weighted by atomic mass is 10.1. The molecule has 0 bridgehead atoms. The number of rotatable bonds is 12. The molecule has 0 spiro atoms. The van der Waals surface area contributed by atoms with E-state index in [1.54, 1.807) is 67.6 Å². The lowest BCUT2D eigenvalue weighted by Gasteiger charge is -2.33. The molecule has 214 valence electrons. The second-order valence-corrected chi connectivity index (χ2v) is 11.9. The highest BCUT2D eigenvalue weighted by Crippen LogP contribution is 2.33. The molecule has 0 aliphatic carbocycles. The summed E-state index contributed by atoms with van der Waals surface area (Å²) in [6.07, 6.45) is 0.722. The third kappa shape index (κ3) is 7.55. The predicted molar refractivity (Wildman–Crippen MR) is 158 cm³/mol. The number of carbonyl (C=O) groups is 2. The Hall–Kier alpha value is -3.56. The van der Waals surface area contributed by atoms with Crippen LogP contribution in [-0.4, -0.2) is 50.9 Å². The van der Waals surface area contributed by atoms with Gasteiger partial charge in [-0.25, -0.2) is 8.42 Å². The third-order valence-corrected chi connectivity index (χ3v) is 8.67. The van der Waals surface area contributed by atoms with Crippen LogP contribution in [0.2, 0.25) is 5.02 Å². The second-order valence-electron chi connectivity index (χ2n) is 9.64. The van der Waals surface area contributed by atoms with Gasteiger partial charge in [0.15, 0.2) is 0 Å². The summed E-state index contributed by atoms with van der Waals surface area (Å²) in [7, 11) is -2.75. The summed E-state index contributed by atoms with van der Waals surface area (Å²) in [6.45, 7) is 6.82. The van der Waals surface area contributed by atoms with Crippen LogP contribution >= 0.6 is 11.6 Å². The van der Waals surface area contributed by atoms with Gasteiger partial charge in [0.05, 0.1) is 17.7 Å². The van der Waals surface area contributed by atoms with Crippen molar-refractivity contribution < 1.29 is 22.7 Å². The number of ether oxygens (including phenoxy) is 1. The summed E-state index contributed by atoms with van der Waals surface area (Å²) in [4.78, 5) is 28.6. The number of methoxy groups -OCH3 is 1. The van der Waals surface area contributed by atoms with Gasteiger partial charge in [-0.3, -0.25) is 13.9 Å². The van der Waals surface area contributed by atoms with Gasteiger partial charge in [-0.2, -0.15) is 0 Å². The average Bonchev–Trinajstić information content (AvgIpc) is 2.95. The number of amides is 2. The Morgan fingerprint density at radius 3 is 2.25 bits per heavy atom. The Bertz CT molecular complexity index is 1420. The molecule has 0 saturated carbocycles. The highest BCUT2D eigenvalue weighted by atomic mass is 35.5. The fourth-order valence-electron chi connectivity index (χ4n) is 4.06. The molecule has 8 nitrogen and oxygen atoms in total. The first-order chi connectivity index (χ1) is 19.0. The van der Waals surface area contributed by atoms with Crippen molar-refractivity contribution in [3.05, 3.63) is 88.9 Å². The number of anilines is 1. The number of nitrogens with zero attached hydrogens (tertiary/aromatic N) is 2. The van der Waals surface area contributed by atoms with Crippen molar-refractivity contribution in [3.63, 3.8) is 0 Å². The van der Waals surface area contributed by atoms with E-state index in [0.717, 1.165) is 21.9 Å². The van der Waals surface area contributed by atoms with Gasteiger partial charge >= 0.3 is 0 Å². The molecule has 3 aromatic rings. The van der Waals surface area contributed by atoms with E-state index in [2.05, 4.69) is 5.32 Å². The van der Waals surface area contributed by atoms with Crippen LogP contribution in [0.25, 0.3) is 0 Å². The van der Waals surface area contributed by atoms with Gasteiger partial charge in [0.25, 0.3) is 10.0 Å². The van der Waals surface area contributed by atoms with Gasteiger partial charge in [0.2, 0.25) is 11.8 Å². The van der Waals surface area contributed by atoms with E-state index in [0.29, 0.717) is 10.8 Å². The van der Waals surface area contributed by atoms with Crippen molar-refractivity contribution in [2.24, 2.45) is 0 Å². The summed E-state index contributed by atoms with van der Waals surface area (Å²) in [5.74, 6) is -0.586. The molecule has 2 unspecified atom stereocenters. The molecule has 40 heavy (non-hydrogen) atoms. The zero-order valence-corrected chi connectivity index (χ0v) is 25.0. The molecule has 1 N–H and O–H groups in total. The summed E-state index contributed by atoms with van der Waals surface area (Å²) in [6, 6.07) is 19.0. The van der Waals surface area contributed by atoms with E-state index >= 15 is 0 Å². The summed E-state index contributed by atoms with van der Waals surface area (Å²) in [5, 5.41) is 3.46. The number of aryl methyl sites for hydroxylation is 1. The summed E-state index contributed by atoms with van der Waals surface area (Å²) in [5.41, 5.74) is 1.75. The quantitative estimate of drug-likeness (QED) is 0.316. The number of hydrogen-bond donors (Lipinski definition) is 1. The maximum absolute atomic E-state index is 14.0. The molecule has 0 aromatic heterocycles. The summed E-state index contributed by atoms with van der Waals surface area (Å²) < 4.78 is 34.5. The van der Waals surface area contributed by atoms with Crippen LogP contribution in [0.5, 0.6) is 5.75 Å². The number of nitrogens with one attached hydrogen (secondary N) is 1. The number of hydrogen-bond acceptors (Lipinski definition) is 5. The number of halogens is 1. The van der Waals surface area contributed by atoms with Crippen LogP contribution in [-0.2, 0) is 26.2 Å². The largest absolute Gasteiger partial charge is 0.495 e. The lowest BCUT2D eigenvalue weighted by Crippen LogP contribution is -2.52. The first kappa shape index (κ1) is 31.0. The van der Waals surface area contributed by atoms with Gasteiger partial charge in [0, 0.05) is 17.6 Å². The van der Waals surface area contributed by atoms with Crippen molar-refractivity contribution in [1.29, 1.82) is 0 Å². The molecule has 0 saturated heterocycles. The van der Waals surface area contributed by atoms with Gasteiger partial charge in [-0.1, -0.05) is 54.9 Å². The highest BCUT2D eigenvalue weighted by Gasteiger charge is 2.34. The molecule has 3 rings (SSSR count). The number of carbonyl (C=O) groups excluding carboxylic acids is 2. The van der Waals surface area contributed by atoms with Crippen molar-refractivity contribution >= 4 is 39.1 Å². The van der Waals surface area contributed by atoms with Gasteiger partial charge in [-0.05, 0) is 74.7 Å². The van der Waals surface area contributed by atoms with Crippen LogP contribution in [0, 0.1) is 6.92 Å². The molecule has 0 aliphatic rings. The van der Waals surface area contributed by atoms with Crippen molar-refractivity contribution in [1.82, 2.24) is 10.2 Å². The molecular formula is C30H36ClN3O5S. The minimum Gasteiger partial charge on any atom is -0.495 e. The third-order valence-electron chi connectivity index (χ3n) is 6.65. The first-order valence-corrected chi connectivity index (χ1v) is 14.9. The molecule has 0 radical (unpaired) electrons. The maximum atomic E-state index is 14.0. The Morgan fingerprint density at radius 1 is 1.00 bits per heavy atom. The van der Waals surface area contributed by atoms with Crippen LogP contribution in [0.3, 0.4) is 0 Å². The van der Waals surface area contributed by atoms with Crippen molar-refractivity contribution in [3.8, 4) is 5.75 Å². The van der Waals surface area contributed by atoms with E-state index in [-0.39, 0.29) is 29.1 Å². The Balaban J connectivity index is 2.08. The minimum absolute atomic E-state index is 0.0261. The predicted octanol–water partition coefficient (Wildman–Crippen LogP) is 5.18. The molecule has 0 aliphatic heterocycles. The smallest absolute Gasteiger partial charge is 0.264 e. The van der Waals surface area contributed by atoms with Gasteiger partial charge in [0.1, 0.15) is 18.3 Å². The zero-order chi connectivity index (χ0) is 29.4. The molecule has 2 atom stereocenters. The molecule has 10 heteroatoms. The Morgan fingerprint density at radius 2 is 1.65 bits per heavy atom. The van der Waals surface area contributed by atoms with E-state index in [4.69, 9.17) is 16.3 Å². The van der Waals surface area contributed by atoms with Gasteiger partial charge < -0.3 is 15.0 Å². The van der Waals surface area contributed by atoms with E-state index < -0.39 is 28.5 Å². The van der Waals surface area contributed by atoms with Gasteiger partial charge in [-0.15, -0.1) is 0 Å². The fraction of sp³-hybridized carbons (Fsp3) is 0.333. The van der Waals surface area contributed by atoms with Crippen molar-refractivity contribution in [2.75, 3.05) is 18.0 Å². The second kappa shape index (κ2) is 13.7. The minimum atomic E-state index is -4.19. The molecule has 0 fully saturated rings. The average molecular weight is 586 g/mol. The maximum Gasteiger partial charge on any atom is 0.264 e. The SMILES string of the molecule is CCC(C)NC(=O)C(C)N(Cc1ccc(Cl)cc1)C(=O)CN(c1cc(C)ccc1OC)S(=O)(=O)c1ccccc1. The fourth-order valence-corrected chi connectivity index (χ4v) is 5.63. The standard InChI is InChI=1S/C30H36ClN3O5S/c1-6-22(3)32-30(36)23(4)33(19-24-13-15-25(31)16-14-24)29(35)20-34(27-18-21(2)12-17-28(27)39-5)40(37,38)26-10-8-7-9-11-26/h7-18,22-23H,6,19-20H2,1-5H3,(H,32,36). The van der Waals surface area contributed by atoms with Crippen molar-refractivity contribution in [2.45, 2.75) is 57.6 Å². The van der Waals surface area contributed by atoms with Crippen LogP contribution in [0.15, 0.2) is 77.7 Å². The Labute approximate surface area is 241 Å². The van der Waals surface area contributed by atoms with Crippen LogP contribution < -0.4 is 14.4 Å². The molecule has 3 aromatic carbocycles. The highest BCUT2D eigenvalue weighted by molar-refractivity contribution is 7.92. The zero-order valence-electron chi connectivity index (χ0n) is 23.4. The van der Waals surface area contributed by atoms with Crippen LogP contribution in [0.4, 0.5) is 5.69 Å². The van der Waals surface area contributed by atoms with E-state index in [1.807, 2.05) is 20.8 Å². The normalized spacial score (nSPS) is 12.8. The first-order valence-electron chi connectivity index (χ1n) is 13.0. The van der Waals surface area contributed by atoms with E-state index in [9.17, 15) is 18.0 Å². The molecule has 0 heterocycles. The Kier molecular flexibility index (Phi) is 10.6. The monoisotopic (exact) mass is 585 g/mol. The lowest BCUT2D eigenvalue weighted by molar-refractivity contribution is -0.139. The number of benzene rings is 3. The van der Waals surface area contributed by atoms with E-state index in [1.165, 1.54) is 24.1 Å². The number of sulfonamides is 1. The molecule has 2 amide bonds. The summed E-state index contributed by atoms with van der Waals surface area (Å²) >= 11 is 6.05.